The van der Waals surface area contributed by atoms with Crippen molar-refractivity contribution in [2.24, 2.45) is 0 Å². The summed E-state index contributed by atoms with van der Waals surface area (Å²) in [5, 5.41) is 14.4. The zero-order chi connectivity index (χ0) is 39.7. The molecule has 10 heteroatoms. The fourth-order valence-electron chi connectivity index (χ4n) is 7.23. The standard InChI is InChI=1S/C47H42N2O8/c1-2-55-42(51)30-41-44(57-47(54)38-21-12-11-20-37(38)32-15-5-3-6-16-32)43(48-45(52)35-23-22-31-14-9-10-19-34(31)28-35)39-29-36(56-27-13-26-50)24-25-40(39)49(41)46(53)33-17-7-4-8-18-33/h3-12,14-25,28-29,41,43-44,50H,2,13,26-27,30H2,1H3,(H,48,52)/t41-,43-,44-/m0/s1. The average molecular weight is 763 g/mol. The lowest BCUT2D eigenvalue weighted by atomic mass is 9.85. The Hall–Kier alpha value is -6.78. The largest absolute Gasteiger partial charge is 0.493 e. The van der Waals surface area contributed by atoms with Gasteiger partial charge in [-0.1, -0.05) is 97.1 Å². The molecule has 0 bridgehead atoms. The average Bonchev–Trinajstić information content (AvgIpc) is 3.25. The van der Waals surface area contributed by atoms with E-state index >= 15 is 0 Å². The molecule has 2 N–H and O–H groups in total. The van der Waals surface area contributed by atoms with Gasteiger partial charge in [-0.25, -0.2) is 4.79 Å². The summed E-state index contributed by atoms with van der Waals surface area (Å²) in [6.45, 7) is 1.90. The molecule has 6 aromatic carbocycles. The topological polar surface area (TPSA) is 131 Å². The summed E-state index contributed by atoms with van der Waals surface area (Å²) < 4.78 is 18.0. The number of anilines is 1. The Balaban J connectivity index is 1.40. The van der Waals surface area contributed by atoms with Gasteiger partial charge in [0.2, 0.25) is 0 Å². The summed E-state index contributed by atoms with van der Waals surface area (Å²) in [6.07, 6.45) is -1.30. The molecule has 0 fully saturated rings. The van der Waals surface area contributed by atoms with Crippen LogP contribution in [0.5, 0.6) is 5.75 Å². The Labute approximate surface area is 330 Å². The molecule has 0 saturated heterocycles. The van der Waals surface area contributed by atoms with Crippen molar-refractivity contribution in [3.63, 3.8) is 0 Å². The monoisotopic (exact) mass is 762 g/mol. The molecule has 57 heavy (non-hydrogen) atoms. The van der Waals surface area contributed by atoms with Crippen LogP contribution in [0.25, 0.3) is 21.9 Å². The number of aliphatic hydroxyl groups excluding tert-OH is 1. The summed E-state index contributed by atoms with van der Waals surface area (Å²) in [5.41, 5.74) is 3.15. The Morgan fingerprint density at radius 3 is 2.19 bits per heavy atom. The normalized spacial score (nSPS) is 16.0. The van der Waals surface area contributed by atoms with Crippen molar-refractivity contribution in [1.29, 1.82) is 0 Å². The van der Waals surface area contributed by atoms with E-state index in [0.717, 1.165) is 16.3 Å². The first-order chi connectivity index (χ1) is 27.9. The number of rotatable bonds is 13. The van der Waals surface area contributed by atoms with E-state index in [-0.39, 0.29) is 31.8 Å². The van der Waals surface area contributed by atoms with Crippen molar-refractivity contribution in [3.05, 3.63) is 168 Å². The second kappa shape index (κ2) is 17.8. The highest BCUT2D eigenvalue weighted by Crippen LogP contribution is 2.43. The lowest BCUT2D eigenvalue weighted by molar-refractivity contribution is -0.144. The number of nitrogens with one attached hydrogen (secondary N) is 1. The molecule has 10 nitrogen and oxygen atoms in total. The van der Waals surface area contributed by atoms with Gasteiger partial charge in [0, 0.05) is 29.7 Å². The van der Waals surface area contributed by atoms with Crippen LogP contribution >= 0.6 is 0 Å². The highest BCUT2D eigenvalue weighted by Gasteiger charge is 2.48. The van der Waals surface area contributed by atoms with Crippen LogP contribution in [-0.2, 0) is 14.3 Å². The van der Waals surface area contributed by atoms with Gasteiger partial charge in [0.05, 0.1) is 43.0 Å². The van der Waals surface area contributed by atoms with Crippen molar-refractivity contribution in [1.82, 2.24) is 5.32 Å². The molecule has 0 unspecified atom stereocenters. The van der Waals surface area contributed by atoms with Crippen LogP contribution in [0.4, 0.5) is 5.69 Å². The molecule has 0 radical (unpaired) electrons. The van der Waals surface area contributed by atoms with Gasteiger partial charge in [-0.05, 0) is 77.4 Å². The van der Waals surface area contributed by atoms with E-state index in [1.165, 1.54) is 4.90 Å². The van der Waals surface area contributed by atoms with Crippen LogP contribution in [0.2, 0.25) is 0 Å². The molecule has 1 aliphatic rings. The summed E-state index contributed by atoms with van der Waals surface area (Å²) in [6, 6.07) is 40.9. The zero-order valence-electron chi connectivity index (χ0n) is 31.4. The second-order valence-electron chi connectivity index (χ2n) is 13.6. The van der Waals surface area contributed by atoms with Crippen LogP contribution in [0.3, 0.4) is 0 Å². The molecule has 2 amide bonds. The number of hydrogen-bond acceptors (Lipinski definition) is 8. The first kappa shape index (κ1) is 38.5. The molecule has 6 aromatic rings. The molecular weight excluding hydrogens is 721 g/mol. The van der Waals surface area contributed by atoms with E-state index in [1.807, 2.05) is 72.8 Å². The lowest BCUT2D eigenvalue weighted by Crippen LogP contribution is -2.58. The molecular formula is C47H42N2O8. The quantitative estimate of drug-likeness (QED) is 0.0896. The minimum atomic E-state index is -1.32. The van der Waals surface area contributed by atoms with E-state index in [4.69, 9.17) is 14.2 Å². The Bertz CT molecular complexity index is 2380. The Morgan fingerprint density at radius 1 is 0.737 bits per heavy atom. The van der Waals surface area contributed by atoms with Crippen LogP contribution in [-0.4, -0.2) is 60.8 Å². The highest BCUT2D eigenvalue weighted by molar-refractivity contribution is 6.08. The third-order valence-corrected chi connectivity index (χ3v) is 9.90. The molecule has 1 heterocycles. The molecule has 0 aliphatic carbocycles. The maximum absolute atomic E-state index is 14.7. The van der Waals surface area contributed by atoms with Gasteiger partial charge in [0.1, 0.15) is 11.9 Å². The number of benzene rings is 6. The van der Waals surface area contributed by atoms with Crippen molar-refractivity contribution in [2.75, 3.05) is 24.7 Å². The highest BCUT2D eigenvalue weighted by atomic mass is 16.5. The van der Waals surface area contributed by atoms with Crippen molar-refractivity contribution >= 4 is 40.2 Å². The predicted octanol–water partition coefficient (Wildman–Crippen LogP) is 7.95. The van der Waals surface area contributed by atoms with Gasteiger partial charge in [-0.3, -0.25) is 14.4 Å². The van der Waals surface area contributed by atoms with Gasteiger partial charge in [-0.2, -0.15) is 0 Å². The van der Waals surface area contributed by atoms with Crippen molar-refractivity contribution < 1.29 is 38.5 Å². The Morgan fingerprint density at radius 2 is 1.44 bits per heavy atom. The van der Waals surface area contributed by atoms with Gasteiger partial charge < -0.3 is 29.5 Å². The Kier molecular flexibility index (Phi) is 12.0. The smallest absolute Gasteiger partial charge is 0.339 e. The first-order valence-corrected chi connectivity index (χ1v) is 18.9. The zero-order valence-corrected chi connectivity index (χ0v) is 31.4. The number of ether oxygens (including phenoxy) is 3. The SMILES string of the molecule is CCOC(=O)C[C@H]1[C@H](OC(=O)c2ccccc2-c2ccccc2)[C@@H](NC(=O)c2ccc3ccccc3c2)c2cc(OCCCO)ccc2N1C(=O)c1ccccc1. The number of amides is 2. The number of carbonyl (C=O) groups excluding carboxylic acids is 4. The predicted molar refractivity (Wildman–Crippen MR) is 217 cm³/mol. The number of fused-ring (bicyclic) bond motifs is 2. The molecule has 288 valence electrons. The minimum Gasteiger partial charge on any atom is -0.493 e. The summed E-state index contributed by atoms with van der Waals surface area (Å²) in [4.78, 5) is 58.7. The number of carbonyl (C=O) groups is 4. The van der Waals surface area contributed by atoms with Crippen LogP contribution < -0.4 is 15.0 Å². The summed E-state index contributed by atoms with van der Waals surface area (Å²) in [5.74, 6) is -1.85. The van der Waals surface area contributed by atoms with Gasteiger partial charge in [0.15, 0.2) is 0 Å². The molecule has 0 saturated carbocycles. The van der Waals surface area contributed by atoms with E-state index in [1.54, 1.807) is 79.7 Å². The fraction of sp³-hybridized carbons (Fsp3) is 0.191. The minimum absolute atomic E-state index is 0.0766. The molecule has 7 rings (SSSR count). The number of aliphatic hydroxyl groups is 1. The lowest BCUT2D eigenvalue weighted by Gasteiger charge is -2.45. The maximum atomic E-state index is 14.7. The summed E-state index contributed by atoms with van der Waals surface area (Å²) >= 11 is 0. The van der Waals surface area contributed by atoms with Gasteiger partial charge in [0.25, 0.3) is 11.8 Å². The fourth-order valence-corrected chi connectivity index (χ4v) is 7.23. The van der Waals surface area contributed by atoms with Gasteiger partial charge in [-0.15, -0.1) is 0 Å². The number of hydrogen-bond donors (Lipinski definition) is 2. The van der Waals surface area contributed by atoms with Crippen LogP contribution in [0.15, 0.2) is 146 Å². The summed E-state index contributed by atoms with van der Waals surface area (Å²) in [7, 11) is 0. The van der Waals surface area contributed by atoms with E-state index in [9.17, 15) is 24.3 Å². The van der Waals surface area contributed by atoms with Crippen molar-refractivity contribution in [3.8, 4) is 16.9 Å². The van der Waals surface area contributed by atoms with E-state index in [0.29, 0.717) is 40.1 Å². The van der Waals surface area contributed by atoms with E-state index in [2.05, 4.69) is 5.32 Å². The van der Waals surface area contributed by atoms with Crippen LogP contribution in [0.1, 0.15) is 62.4 Å². The molecule has 0 aromatic heterocycles. The molecule has 1 aliphatic heterocycles. The van der Waals surface area contributed by atoms with Gasteiger partial charge >= 0.3 is 11.9 Å². The first-order valence-electron chi connectivity index (χ1n) is 18.9. The van der Waals surface area contributed by atoms with Crippen LogP contribution in [0, 0.1) is 0 Å². The maximum Gasteiger partial charge on any atom is 0.339 e. The molecule has 3 atom stereocenters. The number of esters is 2. The molecule has 0 spiro atoms. The third kappa shape index (κ3) is 8.56. The van der Waals surface area contributed by atoms with Crippen molar-refractivity contribution in [2.45, 2.75) is 38.0 Å². The second-order valence-corrected chi connectivity index (χ2v) is 13.6. The number of nitrogens with zero attached hydrogens (tertiary/aromatic N) is 1. The van der Waals surface area contributed by atoms with E-state index < -0.39 is 41.9 Å². The third-order valence-electron chi connectivity index (χ3n) is 9.90.